The van der Waals surface area contributed by atoms with E-state index >= 15 is 0 Å². The van der Waals surface area contributed by atoms with Crippen LogP contribution in [0.1, 0.15) is 26.2 Å². The van der Waals surface area contributed by atoms with Crippen LogP contribution in [-0.2, 0) is 14.3 Å². The predicted octanol–water partition coefficient (Wildman–Crippen LogP) is -0.192. The number of rotatable bonds is 3. The minimum absolute atomic E-state index is 0.0607. The number of cyclic esters (lactones) is 1. The zero-order chi connectivity index (χ0) is 12.1. The molecule has 5 heteroatoms. The van der Waals surface area contributed by atoms with Gasteiger partial charge in [0.2, 0.25) is 5.91 Å². The van der Waals surface area contributed by atoms with Gasteiger partial charge >= 0.3 is 5.97 Å². The number of nitrogens with one attached hydrogen (secondary N) is 2. The summed E-state index contributed by atoms with van der Waals surface area (Å²) in [5, 5.41) is 6.11. The molecule has 3 aliphatic rings. The first-order chi connectivity index (χ1) is 8.04. The zero-order valence-electron chi connectivity index (χ0n) is 10.0. The van der Waals surface area contributed by atoms with Crippen LogP contribution < -0.4 is 10.6 Å². The Kier molecular flexibility index (Phi) is 2.23. The molecular formula is C12H18N2O3. The summed E-state index contributed by atoms with van der Waals surface area (Å²) < 4.78 is 5.31. The zero-order valence-corrected chi connectivity index (χ0v) is 10.0. The fourth-order valence-electron chi connectivity index (χ4n) is 2.60. The highest BCUT2D eigenvalue weighted by Crippen LogP contribution is 2.45. The first-order valence-corrected chi connectivity index (χ1v) is 6.23. The molecule has 1 amide bonds. The van der Waals surface area contributed by atoms with E-state index in [0.717, 1.165) is 25.9 Å². The maximum Gasteiger partial charge on any atom is 0.306 e. The van der Waals surface area contributed by atoms with Gasteiger partial charge in [0.15, 0.2) is 0 Å². The van der Waals surface area contributed by atoms with Gasteiger partial charge in [0, 0.05) is 23.9 Å². The van der Waals surface area contributed by atoms with Gasteiger partial charge in [0.05, 0.1) is 13.0 Å². The van der Waals surface area contributed by atoms with Crippen molar-refractivity contribution >= 4 is 11.9 Å². The van der Waals surface area contributed by atoms with Crippen LogP contribution in [0.4, 0.5) is 0 Å². The summed E-state index contributed by atoms with van der Waals surface area (Å²) in [6, 6.07) is 0. The number of carbonyl (C=O) groups is 2. The molecule has 2 heterocycles. The molecule has 0 radical (unpaired) electrons. The SMILES string of the molecule is CC1(C(=O)NCC2OC(=O)CC23CNC3)CC1. The van der Waals surface area contributed by atoms with Crippen molar-refractivity contribution in [3.05, 3.63) is 0 Å². The van der Waals surface area contributed by atoms with Gasteiger partial charge in [0.25, 0.3) is 0 Å². The normalized spacial score (nSPS) is 31.8. The van der Waals surface area contributed by atoms with Gasteiger partial charge in [-0.15, -0.1) is 0 Å². The minimum Gasteiger partial charge on any atom is -0.460 e. The highest BCUT2D eigenvalue weighted by Gasteiger charge is 2.53. The molecular weight excluding hydrogens is 220 g/mol. The quantitative estimate of drug-likeness (QED) is 0.669. The monoisotopic (exact) mass is 238 g/mol. The highest BCUT2D eigenvalue weighted by atomic mass is 16.6. The van der Waals surface area contributed by atoms with Crippen LogP contribution in [0.15, 0.2) is 0 Å². The minimum atomic E-state index is -0.159. The van der Waals surface area contributed by atoms with Gasteiger partial charge in [0.1, 0.15) is 6.10 Å². The highest BCUT2D eigenvalue weighted by molar-refractivity contribution is 5.84. The second-order valence-electron chi connectivity index (χ2n) is 5.89. The Morgan fingerprint density at radius 2 is 2.24 bits per heavy atom. The molecule has 2 aliphatic heterocycles. The molecule has 0 aromatic carbocycles. The van der Waals surface area contributed by atoms with E-state index in [4.69, 9.17) is 4.74 Å². The molecule has 1 unspecified atom stereocenters. The summed E-state index contributed by atoms with van der Waals surface area (Å²) in [6.45, 7) is 4.07. The van der Waals surface area contributed by atoms with E-state index in [9.17, 15) is 9.59 Å². The standard InChI is InChI=1S/C12H18N2O3/c1-11(2-3-11)10(16)14-5-8-12(6-13-7-12)4-9(15)17-8/h8,13H,2-7H2,1H3,(H,14,16). The van der Waals surface area contributed by atoms with E-state index in [1.165, 1.54) is 0 Å². The molecule has 1 atom stereocenters. The van der Waals surface area contributed by atoms with E-state index in [0.29, 0.717) is 13.0 Å². The topological polar surface area (TPSA) is 67.4 Å². The molecule has 2 N–H and O–H groups in total. The molecule has 0 aromatic rings. The summed E-state index contributed by atoms with van der Waals surface area (Å²) in [4.78, 5) is 23.2. The Labute approximate surface area is 100 Å². The Balaban J connectivity index is 1.57. The number of carbonyl (C=O) groups excluding carboxylic acids is 2. The Hall–Kier alpha value is -1.10. The fourth-order valence-corrected chi connectivity index (χ4v) is 2.60. The molecule has 1 spiro atoms. The van der Waals surface area contributed by atoms with E-state index in [2.05, 4.69) is 10.6 Å². The molecule has 1 aliphatic carbocycles. The largest absolute Gasteiger partial charge is 0.460 e. The number of hydrogen-bond donors (Lipinski definition) is 2. The second-order valence-corrected chi connectivity index (χ2v) is 5.89. The molecule has 94 valence electrons. The van der Waals surface area contributed by atoms with Crippen molar-refractivity contribution in [2.24, 2.45) is 10.8 Å². The number of ether oxygens (including phenoxy) is 1. The average molecular weight is 238 g/mol. The second kappa shape index (κ2) is 3.45. The maximum atomic E-state index is 11.8. The lowest BCUT2D eigenvalue weighted by atomic mass is 9.75. The lowest BCUT2D eigenvalue weighted by Gasteiger charge is -2.41. The molecule has 1 saturated carbocycles. The summed E-state index contributed by atoms with van der Waals surface area (Å²) in [6.07, 6.45) is 2.27. The van der Waals surface area contributed by atoms with Crippen molar-refractivity contribution in [1.29, 1.82) is 0 Å². The molecule has 5 nitrogen and oxygen atoms in total. The van der Waals surface area contributed by atoms with Crippen LogP contribution in [0, 0.1) is 10.8 Å². The van der Waals surface area contributed by atoms with Gasteiger partial charge in [-0.1, -0.05) is 6.92 Å². The first-order valence-electron chi connectivity index (χ1n) is 6.23. The van der Waals surface area contributed by atoms with E-state index in [-0.39, 0.29) is 28.8 Å². The van der Waals surface area contributed by atoms with Crippen LogP contribution in [-0.4, -0.2) is 37.6 Å². The van der Waals surface area contributed by atoms with Crippen LogP contribution in [0.2, 0.25) is 0 Å². The van der Waals surface area contributed by atoms with Crippen LogP contribution >= 0.6 is 0 Å². The third-order valence-corrected chi connectivity index (χ3v) is 4.40. The van der Waals surface area contributed by atoms with Gasteiger partial charge in [-0.2, -0.15) is 0 Å². The van der Waals surface area contributed by atoms with E-state index in [1.54, 1.807) is 0 Å². The number of amides is 1. The van der Waals surface area contributed by atoms with Crippen LogP contribution in [0.5, 0.6) is 0 Å². The van der Waals surface area contributed by atoms with Crippen molar-refractivity contribution in [3.8, 4) is 0 Å². The lowest BCUT2D eigenvalue weighted by Crippen LogP contribution is -2.60. The Morgan fingerprint density at radius 1 is 1.53 bits per heavy atom. The number of hydrogen-bond acceptors (Lipinski definition) is 4. The average Bonchev–Trinajstić information content (AvgIpc) is 2.87. The summed E-state index contributed by atoms with van der Waals surface area (Å²) in [5.41, 5.74) is -0.220. The van der Waals surface area contributed by atoms with Crippen molar-refractivity contribution < 1.29 is 14.3 Å². The first kappa shape index (κ1) is 11.0. The Bertz CT molecular complexity index is 372. The summed E-state index contributed by atoms with van der Waals surface area (Å²) >= 11 is 0. The summed E-state index contributed by atoms with van der Waals surface area (Å²) in [5.74, 6) is -0.0359. The fraction of sp³-hybridized carbons (Fsp3) is 0.833. The summed E-state index contributed by atoms with van der Waals surface area (Å²) in [7, 11) is 0. The van der Waals surface area contributed by atoms with Crippen molar-refractivity contribution in [2.45, 2.75) is 32.3 Å². The Morgan fingerprint density at radius 3 is 2.76 bits per heavy atom. The van der Waals surface area contributed by atoms with Crippen molar-refractivity contribution in [3.63, 3.8) is 0 Å². The van der Waals surface area contributed by atoms with Crippen molar-refractivity contribution in [1.82, 2.24) is 10.6 Å². The predicted molar refractivity (Wildman–Crippen MR) is 60.2 cm³/mol. The van der Waals surface area contributed by atoms with Crippen LogP contribution in [0.25, 0.3) is 0 Å². The smallest absolute Gasteiger partial charge is 0.306 e. The van der Waals surface area contributed by atoms with Gasteiger partial charge in [-0.05, 0) is 12.8 Å². The van der Waals surface area contributed by atoms with E-state index < -0.39 is 0 Å². The third-order valence-electron chi connectivity index (χ3n) is 4.40. The van der Waals surface area contributed by atoms with Gasteiger partial charge in [-0.3, -0.25) is 9.59 Å². The third kappa shape index (κ3) is 1.73. The molecule has 3 rings (SSSR count). The molecule has 3 fully saturated rings. The van der Waals surface area contributed by atoms with Gasteiger partial charge < -0.3 is 15.4 Å². The molecule has 2 saturated heterocycles. The molecule has 0 bridgehead atoms. The van der Waals surface area contributed by atoms with Crippen LogP contribution in [0.3, 0.4) is 0 Å². The van der Waals surface area contributed by atoms with E-state index in [1.807, 2.05) is 6.92 Å². The molecule has 0 aromatic heterocycles. The maximum absolute atomic E-state index is 11.8. The van der Waals surface area contributed by atoms with Crippen molar-refractivity contribution in [2.75, 3.05) is 19.6 Å². The lowest BCUT2D eigenvalue weighted by molar-refractivity contribution is -0.142. The number of esters is 1. The van der Waals surface area contributed by atoms with Gasteiger partial charge in [-0.25, -0.2) is 0 Å². The molecule has 17 heavy (non-hydrogen) atoms.